The van der Waals surface area contributed by atoms with Crippen molar-refractivity contribution in [3.8, 4) is 11.3 Å². The van der Waals surface area contributed by atoms with E-state index in [4.69, 9.17) is 32.4 Å². The molecule has 0 aliphatic carbocycles. The zero-order chi connectivity index (χ0) is 23.1. The maximum atomic E-state index is 12.7. The van der Waals surface area contributed by atoms with Gasteiger partial charge in [0.1, 0.15) is 17.2 Å². The molecule has 1 aromatic heterocycles. The molecular weight excluding hydrogens is 451 g/mol. The van der Waals surface area contributed by atoms with E-state index >= 15 is 0 Å². The number of furan rings is 1. The average molecular weight is 473 g/mol. The normalized spacial score (nSPS) is 11.3. The first kappa shape index (κ1) is 23.6. The Morgan fingerprint density at radius 1 is 1.03 bits per heavy atom. The number of halogens is 2. The van der Waals surface area contributed by atoms with Crippen molar-refractivity contribution in [1.82, 2.24) is 10.6 Å². The molecule has 0 radical (unpaired) electrons. The van der Waals surface area contributed by atoms with Crippen molar-refractivity contribution in [2.45, 2.75) is 6.92 Å². The topological polar surface area (TPSA) is 80.6 Å². The maximum Gasteiger partial charge on any atom is 0.268 e. The highest BCUT2D eigenvalue weighted by Gasteiger charge is 2.16. The Hall–Kier alpha value is -3.06. The summed E-state index contributed by atoms with van der Waals surface area (Å²) in [6.07, 6.45) is 1.47. The summed E-state index contributed by atoms with van der Waals surface area (Å²) >= 11 is 12.1. The van der Waals surface area contributed by atoms with Gasteiger partial charge in [-0.2, -0.15) is 0 Å². The Labute approximate surface area is 196 Å². The van der Waals surface area contributed by atoms with E-state index in [1.165, 1.54) is 13.2 Å². The van der Waals surface area contributed by atoms with Gasteiger partial charge in [-0.15, -0.1) is 0 Å². The third kappa shape index (κ3) is 6.23. The van der Waals surface area contributed by atoms with Gasteiger partial charge >= 0.3 is 0 Å². The minimum atomic E-state index is -0.463. The van der Waals surface area contributed by atoms with E-state index in [1.807, 2.05) is 19.1 Å². The number of carbonyl (C=O) groups is 2. The summed E-state index contributed by atoms with van der Waals surface area (Å²) in [5, 5.41) is 6.21. The van der Waals surface area contributed by atoms with E-state index in [0.29, 0.717) is 40.3 Å². The number of amides is 2. The zero-order valence-electron chi connectivity index (χ0n) is 17.6. The maximum absolute atomic E-state index is 12.7. The van der Waals surface area contributed by atoms with Gasteiger partial charge < -0.3 is 19.8 Å². The molecule has 0 aliphatic heterocycles. The van der Waals surface area contributed by atoms with Crippen LogP contribution in [0.2, 0.25) is 10.0 Å². The Kier molecular flexibility index (Phi) is 8.11. The summed E-state index contributed by atoms with van der Waals surface area (Å²) in [4.78, 5) is 25.4. The SMILES string of the molecule is COCCNC(=O)C(=Cc1ccc(-c2ccc(Cl)c(Cl)c2)o1)NC(=O)c1ccc(C)cc1. The molecule has 3 aromatic rings. The van der Waals surface area contributed by atoms with Crippen LogP contribution in [0.4, 0.5) is 0 Å². The van der Waals surface area contributed by atoms with Crippen LogP contribution < -0.4 is 10.6 Å². The molecular formula is C24H22Cl2N2O4. The Morgan fingerprint density at radius 3 is 2.47 bits per heavy atom. The molecule has 6 nitrogen and oxygen atoms in total. The number of ether oxygens (including phenoxy) is 1. The number of rotatable bonds is 8. The van der Waals surface area contributed by atoms with E-state index in [-0.39, 0.29) is 5.70 Å². The minimum absolute atomic E-state index is 0.0433. The molecule has 166 valence electrons. The van der Waals surface area contributed by atoms with Gasteiger partial charge in [0.2, 0.25) is 0 Å². The van der Waals surface area contributed by atoms with E-state index in [1.54, 1.807) is 42.5 Å². The summed E-state index contributed by atoms with van der Waals surface area (Å²) in [5.74, 6) is 0.0513. The van der Waals surface area contributed by atoms with Gasteiger partial charge in [0.15, 0.2) is 0 Å². The van der Waals surface area contributed by atoms with Gasteiger partial charge in [0.25, 0.3) is 11.8 Å². The molecule has 2 N–H and O–H groups in total. The summed E-state index contributed by atoms with van der Waals surface area (Å²) in [7, 11) is 1.54. The smallest absolute Gasteiger partial charge is 0.268 e. The van der Waals surface area contributed by atoms with Crippen LogP contribution in [0.15, 0.2) is 64.7 Å². The summed E-state index contributed by atoms with van der Waals surface area (Å²) in [5.41, 5.74) is 2.23. The monoisotopic (exact) mass is 472 g/mol. The second-order valence-electron chi connectivity index (χ2n) is 6.96. The number of carbonyl (C=O) groups excluding carboxylic acids is 2. The van der Waals surface area contributed by atoms with E-state index in [2.05, 4.69) is 10.6 Å². The first-order valence-corrected chi connectivity index (χ1v) is 10.5. The van der Waals surface area contributed by atoms with E-state index < -0.39 is 11.8 Å². The van der Waals surface area contributed by atoms with Crippen LogP contribution in [0.3, 0.4) is 0 Å². The highest BCUT2D eigenvalue weighted by molar-refractivity contribution is 6.42. The third-order valence-electron chi connectivity index (χ3n) is 4.52. The molecule has 2 aromatic carbocycles. The largest absolute Gasteiger partial charge is 0.457 e. The number of hydrogen-bond donors (Lipinski definition) is 2. The molecule has 32 heavy (non-hydrogen) atoms. The quantitative estimate of drug-likeness (QED) is 0.353. The number of methoxy groups -OCH3 is 1. The first-order chi connectivity index (χ1) is 15.4. The minimum Gasteiger partial charge on any atom is -0.457 e. The standard InChI is InChI=1S/C24H22Cl2N2O4/c1-15-3-5-16(6-4-15)23(29)28-21(24(30)27-11-12-31-2)14-18-8-10-22(32-18)17-7-9-19(25)20(26)13-17/h3-10,13-14H,11-12H2,1-2H3,(H,27,30)(H,28,29). The van der Waals surface area contributed by atoms with Crippen LogP contribution in [-0.2, 0) is 9.53 Å². The molecule has 0 saturated carbocycles. The highest BCUT2D eigenvalue weighted by Crippen LogP contribution is 2.30. The lowest BCUT2D eigenvalue weighted by Gasteiger charge is -2.10. The molecule has 3 rings (SSSR count). The van der Waals surface area contributed by atoms with Crippen LogP contribution in [0.5, 0.6) is 0 Å². The number of aryl methyl sites for hydroxylation is 1. The molecule has 0 aliphatic rings. The molecule has 0 spiro atoms. The Morgan fingerprint density at radius 2 is 1.78 bits per heavy atom. The molecule has 0 saturated heterocycles. The molecule has 8 heteroatoms. The van der Waals surface area contributed by atoms with Crippen molar-refractivity contribution in [1.29, 1.82) is 0 Å². The number of nitrogens with one attached hydrogen (secondary N) is 2. The second-order valence-corrected chi connectivity index (χ2v) is 7.77. The fraction of sp³-hybridized carbons (Fsp3) is 0.167. The number of hydrogen-bond acceptors (Lipinski definition) is 4. The summed E-state index contributed by atoms with van der Waals surface area (Å²) < 4.78 is 10.8. The van der Waals surface area contributed by atoms with Crippen molar-refractivity contribution >= 4 is 41.1 Å². The summed E-state index contributed by atoms with van der Waals surface area (Å²) in [6.45, 7) is 2.56. The molecule has 0 bridgehead atoms. The van der Waals surface area contributed by atoms with Gasteiger partial charge in [-0.3, -0.25) is 9.59 Å². The average Bonchev–Trinajstić information content (AvgIpc) is 3.24. The van der Waals surface area contributed by atoms with Crippen LogP contribution in [-0.4, -0.2) is 32.1 Å². The second kappa shape index (κ2) is 11.0. The lowest BCUT2D eigenvalue weighted by molar-refractivity contribution is -0.117. The molecule has 0 unspecified atom stereocenters. The molecule has 2 amide bonds. The van der Waals surface area contributed by atoms with Crippen LogP contribution in [0.25, 0.3) is 17.4 Å². The fourth-order valence-electron chi connectivity index (χ4n) is 2.80. The van der Waals surface area contributed by atoms with Crippen molar-refractivity contribution in [2.75, 3.05) is 20.3 Å². The molecule has 0 fully saturated rings. The van der Waals surface area contributed by atoms with E-state index in [0.717, 1.165) is 11.1 Å². The number of benzene rings is 2. The Balaban J connectivity index is 1.85. The van der Waals surface area contributed by atoms with Crippen molar-refractivity contribution in [2.24, 2.45) is 0 Å². The van der Waals surface area contributed by atoms with Crippen molar-refractivity contribution in [3.05, 3.63) is 87.2 Å². The van der Waals surface area contributed by atoms with Gasteiger partial charge in [0.05, 0.1) is 16.7 Å². The van der Waals surface area contributed by atoms with Crippen LogP contribution in [0.1, 0.15) is 21.7 Å². The molecule has 1 heterocycles. The first-order valence-electron chi connectivity index (χ1n) is 9.79. The van der Waals surface area contributed by atoms with E-state index in [9.17, 15) is 9.59 Å². The van der Waals surface area contributed by atoms with Gasteiger partial charge in [-0.05, 0) is 49.4 Å². The fourth-order valence-corrected chi connectivity index (χ4v) is 3.09. The van der Waals surface area contributed by atoms with Crippen molar-refractivity contribution in [3.63, 3.8) is 0 Å². The highest BCUT2D eigenvalue weighted by atomic mass is 35.5. The van der Waals surface area contributed by atoms with Gasteiger partial charge in [-0.1, -0.05) is 40.9 Å². The van der Waals surface area contributed by atoms with Gasteiger partial charge in [-0.25, -0.2) is 0 Å². The predicted octanol–water partition coefficient (Wildman–Crippen LogP) is 5.10. The third-order valence-corrected chi connectivity index (χ3v) is 5.25. The summed E-state index contributed by atoms with van der Waals surface area (Å²) in [6, 6.07) is 15.6. The lowest BCUT2D eigenvalue weighted by atomic mass is 10.1. The lowest BCUT2D eigenvalue weighted by Crippen LogP contribution is -2.36. The van der Waals surface area contributed by atoms with Crippen LogP contribution in [0, 0.1) is 6.92 Å². The molecule has 0 atom stereocenters. The van der Waals surface area contributed by atoms with Crippen LogP contribution >= 0.6 is 23.2 Å². The predicted molar refractivity (Wildman–Crippen MR) is 126 cm³/mol. The van der Waals surface area contributed by atoms with Crippen molar-refractivity contribution < 1.29 is 18.7 Å². The Bertz CT molecular complexity index is 1140. The van der Waals surface area contributed by atoms with Gasteiger partial charge in [0, 0.05) is 30.9 Å². The zero-order valence-corrected chi connectivity index (χ0v) is 19.1.